The maximum absolute atomic E-state index is 13.6. The topological polar surface area (TPSA) is 76.1 Å². The Balaban J connectivity index is 1.66. The van der Waals surface area contributed by atoms with E-state index in [9.17, 15) is 9.18 Å². The molecule has 0 saturated carbocycles. The van der Waals surface area contributed by atoms with Gasteiger partial charge in [-0.1, -0.05) is 25.2 Å². The molecule has 0 radical (unpaired) electrons. The van der Waals surface area contributed by atoms with Crippen molar-refractivity contribution in [2.45, 2.75) is 39.2 Å². The molecule has 2 N–H and O–H groups in total. The Labute approximate surface area is 149 Å². The third-order valence-corrected chi connectivity index (χ3v) is 4.68. The lowest BCUT2D eigenvalue weighted by Crippen LogP contribution is -2.32. The summed E-state index contributed by atoms with van der Waals surface area (Å²) in [4.78, 5) is 12.3. The van der Waals surface area contributed by atoms with Gasteiger partial charge in [-0.05, 0) is 37.0 Å². The summed E-state index contributed by atoms with van der Waals surface area (Å²) in [5.41, 5.74) is 0.658. The van der Waals surface area contributed by atoms with E-state index in [1.807, 2.05) is 0 Å². The number of urea groups is 1. The lowest BCUT2D eigenvalue weighted by atomic mass is 10.0. The van der Waals surface area contributed by atoms with E-state index < -0.39 is 0 Å². The van der Waals surface area contributed by atoms with E-state index in [4.69, 9.17) is 4.74 Å². The van der Waals surface area contributed by atoms with Gasteiger partial charge in [-0.25, -0.2) is 9.18 Å². The van der Waals surface area contributed by atoms with Crippen molar-refractivity contribution in [1.82, 2.24) is 15.5 Å². The molecule has 0 saturated heterocycles. The number of anilines is 1. The Kier molecular flexibility index (Phi) is 5.47. The largest absolute Gasteiger partial charge is 0.493 e. The van der Waals surface area contributed by atoms with Crippen molar-refractivity contribution in [3.05, 3.63) is 34.6 Å². The number of rotatable bonds is 4. The number of aromatic nitrogens is 2. The van der Waals surface area contributed by atoms with Gasteiger partial charge in [0.1, 0.15) is 16.6 Å². The second-order valence-corrected chi connectivity index (χ2v) is 7.48. The second-order valence-electron chi connectivity index (χ2n) is 6.42. The first-order valence-corrected chi connectivity index (χ1v) is 9.15. The Morgan fingerprint density at radius 2 is 2.28 bits per heavy atom. The van der Waals surface area contributed by atoms with E-state index in [0.29, 0.717) is 35.4 Å². The molecule has 0 fully saturated rings. The minimum Gasteiger partial charge on any atom is -0.493 e. The Morgan fingerprint density at radius 1 is 1.44 bits per heavy atom. The van der Waals surface area contributed by atoms with Crippen molar-refractivity contribution in [2.75, 3.05) is 11.9 Å². The van der Waals surface area contributed by atoms with E-state index >= 15 is 0 Å². The number of nitrogens with zero attached hydrogens (tertiary/aromatic N) is 2. The molecule has 2 aromatic rings. The van der Waals surface area contributed by atoms with E-state index in [1.165, 1.54) is 23.5 Å². The molecule has 1 aromatic heterocycles. The number of halogens is 1. The van der Waals surface area contributed by atoms with Gasteiger partial charge >= 0.3 is 6.03 Å². The van der Waals surface area contributed by atoms with Gasteiger partial charge in [0.25, 0.3) is 0 Å². The van der Waals surface area contributed by atoms with Crippen LogP contribution in [0.2, 0.25) is 0 Å². The zero-order valence-corrected chi connectivity index (χ0v) is 15.0. The van der Waals surface area contributed by atoms with Crippen LogP contribution in [-0.4, -0.2) is 22.8 Å². The summed E-state index contributed by atoms with van der Waals surface area (Å²) < 4.78 is 19.2. The average molecular weight is 364 g/mol. The number of benzene rings is 1. The van der Waals surface area contributed by atoms with E-state index in [2.05, 4.69) is 34.7 Å². The van der Waals surface area contributed by atoms with E-state index in [-0.39, 0.29) is 17.9 Å². The van der Waals surface area contributed by atoms with Crippen LogP contribution >= 0.6 is 11.3 Å². The van der Waals surface area contributed by atoms with Crippen molar-refractivity contribution < 1.29 is 13.9 Å². The number of hydrogen-bond acceptors (Lipinski definition) is 5. The van der Waals surface area contributed by atoms with Crippen molar-refractivity contribution in [3.63, 3.8) is 0 Å². The van der Waals surface area contributed by atoms with Crippen LogP contribution in [0.25, 0.3) is 0 Å². The fourth-order valence-electron chi connectivity index (χ4n) is 2.73. The van der Waals surface area contributed by atoms with Crippen LogP contribution in [0.1, 0.15) is 43.3 Å². The minimum absolute atomic E-state index is 0.309. The fraction of sp³-hybridized carbons (Fsp3) is 0.471. The lowest BCUT2D eigenvalue weighted by Gasteiger charge is -2.18. The summed E-state index contributed by atoms with van der Waals surface area (Å²) in [6, 6.07) is 3.69. The molecule has 1 aliphatic heterocycles. The van der Waals surface area contributed by atoms with Crippen LogP contribution in [-0.2, 0) is 6.42 Å². The smallest absolute Gasteiger partial charge is 0.321 e. The molecule has 1 unspecified atom stereocenters. The molecule has 2 amide bonds. The summed E-state index contributed by atoms with van der Waals surface area (Å²) >= 11 is 1.36. The van der Waals surface area contributed by atoms with Gasteiger partial charge in [0.15, 0.2) is 0 Å². The van der Waals surface area contributed by atoms with Crippen LogP contribution < -0.4 is 15.4 Å². The zero-order valence-electron chi connectivity index (χ0n) is 14.2. The van der Waals surface area contributed by atoms with Crippen molar-refractivity contribution in [2.24, 2.45) is 5.92 Å². The van der Waals surface area contributed by atoms with Gasteiger partial charge < -0.3 is 10.1 Å². The molecule has 0 bridgehead atoms. The highest BCUT2D eigenvalue weighted by Gasteiger charge is 2.22. The molecule has 0 aliphatic carbocycles. The molecule has 6 nitrogen and oxygen atoms in total. The number of nitrogens with one attached hydrogen (secondary N) is 2. The Bertz CT molecular complexity index is 750. The third-order valence-electron chi connectivity index (χ3n) is 3.82. The van der Waals surface area contributed by atoms with Crippen LogP contribution in [0.15, 0.2) is 18.2 Å². The van der Waals surface area contributed by atoms with Crippen molar-refractivity contribution in [1.29, 1.82) is 0 Å². The predicted molar refractivity (Wildman–Crippen MR) is 94.5 cm³/mol. The SMILES string of the molecule is CC(C)Cc1nnc(NC(=O)NC2CCCOc3ccc(F)cc32)s1. The Hall–Kier alpha value is -2.22. The maximum atomic E-state index is 13.6. The van der Waals surface area contributed by atoms with E-state index in [0.717, 1.165) is 17.8 Å². The number of carbonyl (C=O) groups is 1. The van der Waals surface area contributed by atoms with Crippen molar-refractivity contribution in [3.8, 4) is 5.75 Å². The predicted octanol–water partition coefficient (Wildman–Crippen LogP) is 3.91. The molecule has 25 heavy (non-hydrogen) atoms. The molecule has 2 heterocycles. The second kappa shape index (κ2) is 7.77. The molecule has 0 spiro atoms. The number of amides is 2. The highest BCUT2D eigenvalue weighted by molar-refractivity contribution is 7.15. The fourth-order valence-corrected chi connectivity index (χ4v) is 3.67. The summed E-state index contributed by atoms with van der Waals surface area (Å²) in [6.45, 7) is 4.76. The zero-order chi connectivity index (χ0) is 17.8. The first-order valence-electron chi connectivity index (χ1n) is 8.33. The highest BCUT2D eigenvalue weighted by Crippen LogP contribution is 2.32. The molecule has 1 aromatic carbocycles. The standard InChI is InChI=1S/C17H21FN4O2S/c1-10(2)8-15-21-22-17(25-15)20-16(23)19-13-4-3-7-24-14-6-5-11(18)9-12(13)14/h5-6,9-10,13H,3-4,7-8H2,1-2H3,(H2,19,20,22,23). The van der Waals surface area contributed by atoms with Crippen molar-refractivity contribution >= 4 is 22.5 Å². The van der Waals surface area contributed by atoms with Gasteiger partial charge in [-0.15, -0.1) is 10.2 Å². The quantitative estimate of drug-likeness (QED) is 0.862. The average Bonchev–Trinajstić information content (AvgIpc) is 2.87. The first-order chi connectivity index (χ1) is 12.0. The minimum atomic E-state index is -0.380. The summed E-state index contributed by atoms with van der Waals surface area (Å²) in [5.74, 6) is 0.741. The molecule has 1 atom stereocenters. The van der Waals surface area contributed by atoms with E-state index in [1.54, 1.807) is 6.07 Å². The monoisotopic (exact) mass is 364 g/mol. The molecule has 134 valence electrons. The van der Waals surface area contributed by atoms with Crippen LogP contribution in [0.5, 0.6) is 5.75 Å². The first kappa shape index (κ1) is 17.6. The van der Waals surface area contributed by atoms with Gasteiger partial charge in [-0.3, -0.25) is 5.32 Å². The number of fused-ring (bicyclic) bond motifs is 1. The molecular weight excluding hydrogens is 343 g/mol. The molecule has 1 aliphatic rings. The highest BCUT2D eigenvalue weighted by atomic mass is 32.1. The maximum Gasteiger partial charge on any atom is 0.321 e. The normalized spacial score (nSPS) is 16.7. The molecule has 3 rings (SSSR count). The lowest BCUT2D eigenvalue weighted by molar-refractivity contribution is 0.247. The summed E-state index contributed by atoms with van der Waals surface area (Å²) in [7, 11) is 0. The van der Waals surface area contributed by atoms with Gasteiger partial charge in [0, 0.05) is 12.0 Å². The number of ether oxygens (including phenoxy) is 1. The van der Waals surface area contributed by atoms with Crippen LogP contribution in [0.3, 0.4) is 0 Å². The number of hydrogen-bond donors (Lipinski definition) is 2. The van der Waals surface area contributed by atoms with Crippen LogP contribution in [0, 0.1) is 11.7 Å². The van der Waals surface area contributed by atoms with Gasteiger partial charge in [0.05, 0.1) is 12.6 Å². The summed E-state index contributed by atoms with van der Waals surface area (Å²) in [6.07, 6.45) is 2.28. The van der Waals surface area contributed by atoms with Gasteiger partial charge in [-0.2, -0.15) is 0 Å². The Morgan fingerprint density at radius 3 is 3.08 bits per heavy atom. The molecular formula is C17H21FN4O2S. The summed E-state index contributed by atoms with van der Waals surface area (Å²) in [5, 5.41) is 15.0. The van der Waals surface area contributed by atoms with Crippen LogP contribution in [0.4, 0.5) is 14.3 Å². The third kappa shape index (κ3) is 4.66. The molecule has 8 heteroatoms. The van der Waals surface area contributed by atoms with Gasteiger partial charge in [0.2, 0.25) is 5.13 Å². The number of carbonyl (C=O) groups excluding carboxylic acids is 1.